The lowest BCUT2D eigenvalue weighted by molar-refractivity contribution is -0.117. The van der Waals surface area contributed by atoms with Crippen LogP contribution in [-0.4, -0.2) is 23.3 Å². The molecule has 1 N–H and O–H groups in total. The molecule has 1 fully saturated rings. The summed E-state index contributed by atoms with van der Waals surface area (Å²) in [4.78, 5) is 30.7. The van der Waals surface area contributed by atoms with E-state index in [2.05, 4.69) is 10.3 Å². The van der Waals surface area contributed by atoms with Crippen molar-refractivity contribution in [2.24, 2.45) is 0 Å². The molecular weight excluding hydrogens is 374 g/mol. The number of nitrogens with one attached hydrogen (secondary N) is 1. The number of nitrogens with zero attached hydrogens (tertiary/aromatic N) is 2. The number of aromatic nitrogens is 1. The van der Waals surface area contributed by atoms with Gasteiger partial charge in [-0.1, -0.05) is 18.2 Å². The zero-order valence-electron chi connectivity index (χ0n) is 15.1. The van der Waals surface area contributed by atoms with Gasteiger partial charge >= 0.3 is 0 Å². The van der Waals surface area contributed by atoms with Gasteiger partial charge < -0.3 is 15.0 Å². The maximum atomic E-state index is 12.8. The van der Waals surface area contributed by atoms with Crippen molar-refractivity contribution in [1.82, 2.24) is 4.98 Å². The Balaban J connectivity index is 1.49. The van der Waals surface area contributed by atoms with Crippen LogP contribution < -0.4 is 15.0 Å². The van der Waals surface area contributed by atoms with Gasteiger partial charge in [-0.15, -0.1) is 11.3 Å². The summed E-state index contributed by atoms with van der Waals surface area (Å²) < 4.78 is 5.79. The van der Waals surface area contributed by atoms with Crippen molar-refractivity contribution in [3.63, 3.8) is 0 Å². The van der Waals surface area contributed by atoms with E-state index in [0.717, 1.165) is 17.8 Å². The lowest BCUT2D eigenvalue weighted by Crippen LogP contribution is -2.23. The van der Waals surface area contributed by atoms with E-state index in [1.165, 1.54) is 11.3 Å². The SMILES string of the molecule is O=C(Nc1cccc(N2CCCC2=O)c1)c1ccccc1OCc1cscn1. The highest BCUT2D eigenvalue weighted by molar-refractivity contribution is 7.07. The van der Waals surface area contributed by atoms with Gasteiger partial charge in [-0.2, -0.15) is 0 Å². The summed E-state index contributed by atoms with van der Waals surface area (Å²) in [5, 5.41) is 4.81. The fraction of sp³-hybridized carbons (Fsp3) is 0.190. The Labute approximate surface area is 166 Å². The average molecular weight is 393 g/mol. The normalized spacial score (nSPS) is 13.6. The number of amides is 2. The Morgan fingerprint density at radius 1 is 1.21 bits per heavy atom. The van der Waals surface area contributed by atoms with Crippen LogP contribution >= 0.6 is 11.3 Å². The summed E-state index contributed by atoms with van der Waals surface area (Å²) in [7, 11) is 0. The number of ether oxygens (including phenoxy) is 1. The molecule has 0 atom stereocenters. The summed E-state index contributed by atoms with van der Waals surface area (Å²) in [6, 6.07) is 14.4. The van der Waals surface area contributed by atoms with Crippen LogP contribution in [-0.2, 0) is 11.4 Å². The van der Waals surface area contributed by atoms with Gasteiger partial charge in [0.2, 0.25) is 5.91 Å². The third-order valence-electron chi connectivity index (χ3n) is 4.48. The van der Waals surface area contributed by atoms with Crippen molar-refractivity contribution in [3.05, 3.63) is 70.7 Å². The first-order valence-corrected chi connectivity index (χ1v) is 9.96. The highest BCUT2D eigenvalue weighted by Crippen LogP contribution is 2.26. The highest BCUT2D eigenvalue weighted by atomic mass is 32.1. The molecule has 2 aromatic carbocycles. The lowest BCUT2D eigenvalue weighted by atomic mass is 10.1. The third kappa shape index (κ3) is 4.04. The minimum absolute atomic E-state index is 0.115. The Bertz CT molecular complexity index is 988. The van der Waals surface area contributed by atoms with Crippen LogP contribution in [0.25, 0.3) is 0 Å². The molecule has 0 aliphatic carbocycles. The van der Waals surface area contributed by atoms with Crippen molar-refractivity contribution in [2.45, 2.75) is 19.4 Å². The number of hydrogen-bond acceptors (Lipinski definition) is 5. The molecule has 6 nitrogen and oxygen atoms in total. The molecular formula is C21H19N3O3S. The number of para-hydroxylation sites is 1. The Morgan fingerprint density at radius 3 is 2.89 bits per heavy atom. The molecule has 7 heteroatoms. The van der Waals surface area contributed by atoms with E-state index in [9.17, 15) is 9.59 Å². The lowest BCUT2D eigenvalue weighted by Gasteiger charge is -2.17. The standard InChI is InChI=1S/C21H19N3O3S/c25-20-9-4-10-24(20)17-6-3-5-15(11-17)23-21(26)18-7-1-2-8-19(18)27-12-16-13-28-14-22-16/h1-3,5-8,11,13-14H,4,9-10,12H2,(H,23,26). The molecule has 3 aromatic rings. The number of carbonyl (C=O) groups excluding carboxylic acids is 2. The Hall–Kier alpha value is -3.19. The van der Waals surface area contributed by atoms with Crippen LogP contribution in [0.5, 0.6) is 5.75 Å². The maximum Gasteiger partial charge on any atom is 0.259 e. The third-order valence-corrected chi connectivity index (χ3v) is 5.12. The molecule has 0 bridgehead atoms. The largest absolute Gasteiger partial charge is 0.486 e. The zero-order chi connectivity index (χ0) is 19.3. The van der Waals surface area contributed by atoms with Gasteiger partial charge in [0.05, 0.1) is 16.8 Å². The number of anilines is 2. The Kier molecular flexibility index (Phi) is 5.34. The second-order valence-corrected chi connectivity index (χ2v) is 7.14. The molecule has 2 heterocycles. The first-order valence-electron chi connectivity index (χ1n) is 9.01. The van der Waals surface area contributed by atoms with Gasteiger partial charge in [-0.05, 0) is 36.8 Å². The molecule has 1 aromatic heterocycles. The molecule has 0 unspecified atom stereocenters. The highest BCUT2D eigenvalue weighted by Gasteiger charge is 2.22. The van der Waals surface area contributed by atoms with Crippen LogP contribution in [0.3, 0.4) is 0 Å². The molecule has 1 saturated heterocycles. The fourth-order valence-electron chi connectivity index (χ4n) is 3.11. The molecule has 1 aliphatic heterocycles. The summed E-state index contributed by atoms with van der Waals surface area (Å²) in [6.45, 7) is 1.02. The molecule has 28 heavy (non-hydrogen) atoms. The van der Waals surface area contributed by atoms with E-state index in [-0.39, 0.29) is 11.8 Å². The molecule has 0 saturated carbocycles. The molecule has 2 amide bonds. The van der Waals surface area contributed by atoms with Gasteiger partial charge in [0.15, 0.2) is 0 Å². The summed E-state index contributed by atoms with van der Waals surface area (Å²) in [5.41, 5.74) is 4.45. The zero-order valence-corrected chi connectivity index (χ0v) is 15.9. The first-order chi connectivity index (χ1) is 13.7. The van der Waals surface area contributed by atoms with E-state index in [1.54, 1.807) is 34.7 Å². The number of rotatable bonds is 6. The van der Waals surface area contributed by atoms with E-state index in [0.29, 0.717) is 36.6 Å². The molecule has 1 aliphatic rings. The second kappa shape index (κ2) is 8.22. The maximum absolute atomic E-state index is 12.8. The minimum Gasteiger partial charge on any atom is -0.486 e. The molecule has 142 valence electrons. The number of carbonyl (C=O) groups is 2. The molecule has 0 spiro atoms. The number of benzene rings is 2. The summed E-state index contributed by atoms with van der Waals surface area (Å²) >= 11 is 1.50. The fourth-order valence-corrected chi connectivity index (χ4v) is 3.65. The van der Waals surface area contributed by atoms with Crippen LogP contribution in [0, 0.1) is 0 Å². The van der Waals surface area contributed by atoms with Crippen LogP contribution in [0.2, 0.25) is 0 Å². The van der Waals surface area contributed by atoms with E-state index in [1.807, 2.05) is 29.6 Å². The first kappa shape index (κ1) is 18.2. The monoisotopic (exact) mass is 393 g/mol. The van der Waals surface area contributed by atoms with Crippen molar-refractivity contribution < 1.29 is 14.3 Å². The van der Waals surface area contributed by atoms with Gasteiger partial charge in [-0.3, -0.25) is 9.59 Å². The van der Waals surface area contributed by atoms with Crippen LogP contribution in [0.1, 0.15) is 28.9 Å². The van der Waals surface area contributed by atoms with Gasteiger partial charge in [0.25, 0.3) is 5.91 Å². The minimum atomic E-state index is -0.265. The van der Waals surface area contributed by atoms with Crippen molar-refractivity contribution in [3.8, 4) is 5.75 Å². The van der Waals surface area contributed by atoms with Crippen LogP contribution in [0.15, 0.2) is 59.4 Å². The average Bonchev–Trinajstić information content (AvgIpc) is 3.38. The quantitative estimate of drug-likeness (QED) is 0.684. The predicted molar refractivity (Wildman–Crippen MR) is 109 cm³/mol. The topological polar surface area (TPSA) is 71.5 Å². The molecule has 4 rings (SSSR count). The van der Waals surface area contributed by atoms with E-state index >= 15 is 0 Å². The van der Waals surface area contributed by atoms with E-state index < -0.39 is 0 Å². The predicted octanol–water partition coefficient (Wildman–Crippen LogP) is 4.10. The van der Waals surface area contributed by atoms with Gasteiger partial charge in [0, 0.05) is 29.7 Å². The van der Waals surface area contributed by atoms with E-state index in [4.69, 9.17) is 4.74 Å². The van der Waals surface area contributed by atoms with Gasteiger partial charge in [-0.25, -0.2) is 4.98 Å². The van der Waals surface area contributed by atoms with Gasteiger partial charge in [0.1, 0.15) is 12.4 Å². The van der Waals surface area contributed by atoms with Crippen molar-refractivity contribution in [1.29, 1.82) is 0 Å². The number of hydrogen-bond donors (Lipinski definition) is 1. The smallest absolute Gasteiger partial charge is 0.259 e. The Morgan fingerprint density at radius 2 is 2.11 bits per heavy atom. The second-order valence-electron chi connectivity index (χ2n) is 6.42. The summed E-state index contributed by atoms with van der Waals surface area (Å²) in [6.07, 6.45) is 1.43. The number of thiazole rings is 1. The summed E-state index contributed by atoms with van der Waals surface area (Å²) in [5.74, 6) is 0.349. The molecule has 0 radical (unpaired) electrons. The van der Waals surface area contributed by atoms with Crippen LogP contribution in [0.4, 0.5) is 11.4 Å². The van der Waals surface area contributed by atoms with Crippen molar-refractivity contribution in [2.75, 3.05) is 16.8 Å². The van der Waals surface area contributed by atoms with Crippen molar-refractivity contribution >= 4 is 34.5 Å².